The average molecular weight is 443 g/mol. The second-order valence-electron chi connectivity index (χ2n) is 11.3. The Morgan fingerprint density at radius 2 is 1.00 bits per heavy atom. The molecule has 0 heterocycles. The Morgan fingerprint density at radius 1 is 0.581 bits per heavy atom. The first kappa shape index (κ1) is 29.4. The Kier molecular flexibility index (Phi) is 12.4. The molecule has 0 bridgehead atoms. The van der Waals surface area contributed by atoms with Crippen molar-refractivity contribution < 1.29 is 28.6 Å². The first-order chi connectivity index (χ1) is 14.0. The number of rotatable bonds is 12. The topological polar surface area (TPSA) is 78.9 Å². The molecule has 0 saturated heterocycles. The van der Waals surface area contributed by atoms with Crippen molar-refractivity contribution in [3.8, 4) is 0 Å². The van der Waals surface area contributed by atoms with E-state index in [0.29, 0.717) is 12.8 Å². The van der Waals surface area contributed by atoms with Gasteiger partial charge in [0.25, 0.3) is 0 Å². The van der Waals surface area contributed by atoms with Gasteiger partial charge in [-0.05, 0) is 75.2 Å². The Bertz CT molecular complexity index is 560. The molecular formula is C25H46O6. The zero-order valence-electron chi connectivity index (χ0n) is 21.4. The lowest BCUT2D eigenvalue weighted by Gasteiger charge is -2.25. The number of hydrogen-bond donors (Lipinski definition) is 0. The molecular weight excluding hydrogens is 396 g/mol. The number of hydrogen-bond acceptors (Lipinski definition) is 6. The van der Waals surface area contributed by atoms with Gasteiger partial charge in [0.05, 0.1) is 12.3 Å². The van der Waals surface area contributed by atoms with Crippen LogP contribution >= 0.6 is 0 Å². The highest BCUT2D eigenvalue weighted by Gasteiger charge is 2.29. The molecule has 0 aromatic carbocycles. The van der Waals surface area contributed by atoms with Gasteiger partial charge in [0.15, 0.2) is 0 Å². The van der Waals surface area contributed by atoms with Crippen molar-refractivity contribution in [3.63, 3.8) is 0 Å². The van der Waals surface area contributed by atoms with E-state index in [2.05, 4.69) is 0 Å². The molecule has 1 unspecified atom stereocenters. The molecule has 0 aromatic heterocycles. The van der Waals surface area contributed by atoms with Crippen LogP contribution < -0.4 is 0 Å². The van der Waals surface area contributed by atoms with E-state index >= 15 is 0 Å². The molecule has 0 aliphatic carbocycles. The summed E-state index contributed by atoms with van der Waals surface area (Å²) in [5, 5.41) is 0. The van der Waals surface area contributed by atoms with Crippen molar-refractivity contribution in [1.29, 1.82) is 0 Å². The highest BCUT2D eigenvalue weighted by molar-refractivity contribution is 5.80. The van der Waals surface area contributed by atoms with Crippen molar-refractivity contribution in [2.24, 2.45) is 5.92 Å². The van der Waals surface area contributed by atoms with Gasteiger partial charge in [0.1, 0.15) is 16.8 Å². The lowest BCUT2D eigenvalue weighted by Crippen LogP contribution is -2.32. The van der Waals surface area contributed by atoms with Gasteiger partial charge in [-0.1, -0.05) is 32.1 Å². The minimum atomic E-state index is -0.586. The zero-order chi connectivity index (χ0) is 24.3. The van der Waals surface area contributed by atoms with E-state index in [1.165, 1.54) is 0 Å². The average Bonchev–Trinajstić information content (AvgIpc) is 2.51. The summed E-state index contributed by atoms with van der Waals surface area (Å²) >= 11 is 0. The predicted molar refractivity (Wildman–Crippen MR) is 123 cm³/mol. The second kappa shape index (κ2) is 13.1. The van der Waals surface area contributed by atoms with Gasteiger partial charge in [-0.2, -0.15) is 0 Å². The summed E-state index contributed by atoms with van der Waals surface area (Å²) in [6, 6.07) is 0. The maximum absolute atomic E-state index is 12.6. The monoisotopic (exact) mass is 442 g/mol. The van der Waals surface area contributed by atoms with Crippen LogP contribution in [0.1, 0.15) is 120 Å². The number of carbonyl (C=O) groups excluding carboxylic acids is 3. The Labute approximate surface area is 189 Å². The second-order valence-corrected chi connectivity index (χ2v) is 11.3. The van der Waals surface area contributed by atoms with Crippen LogP contribution in [0, 0.1) is 5.92 Å². The van der Waals surface area contributed by atoms with E-state index in [-0.39, 0.29) is 24.3 Å². The van der Waals surface area contributed by atoms with Crippen LogP contribution in [-0.2, 0) is 28.6 Å². The van der Waals surface area contributed by atoms with E-state index in [4.69, 9.17) is 14.2 Å². The number of unbranched alkanes of at least 4 members (excludes halogenated alkanes) is 5. The number of ether oxygens (including phenoxy) is 3. The SMILES string of the molecule is CC(C)(C)OC(=O)CCCCCCCCC(CC(=O)OC(C)(C)C)C(=O)OC(C)(C)C. The van der Waals surface area contributed by atoms with Gasteiger partial charge in [-0.3, -0.25) is 14.4 Å². The molecule has 0 spiro atoms. The molecule has 0 aromatic rings. The number of esters is 3. The molecule has 0 aliphatic heterocycles. The van der Waals surface area contributed by atoms with Crippen LogP contribution in [0.25, 0.3) is 0 Å². The summed E-state index contributed by atoms with van der Waals surface area (Å²) in [6.07, 6.45) is 6.79. The molecule has 31 heavy (non-hydrogen) atoms. The zero-order valence-corrected chi connectivity index (χ0v) is 21.4. The normalized spacial score (nSPS) is 13.5. The van der Waals surface area contributed by atoms with E-state index in [0.717, 1.165) is 38.5 Å². The maximum Gasteiger partial charge on any atom is 0.310 e. The smallest absolute Gasteiger partial charge is 0.310 e. The van der Waals surface area contributed by atoms with Gasteiger partial charge in [0.2, 0.25) is 0 Å². The van der Waals surface area contributed by atoms with Crippen molar-refractivity contribution in [2.75, 3.05) is 0 Å². The van der Waals surface area contributed by atoms with Crippen molar-refractivity contribution in [2.45, 2.75) is 137 Å². The number of carbonyl (C=O) groups is 3. The van der Waals surface area contributed by atoms with E-state index in [1.807, 2.05) is 62.3 Å². The Hall–Kier alpha value is -1.59. The highest BCUT2D eigenvalue weighted by Crippen LogP contribution is 2.22. The van der Waals surface area contributed by atoms with Crippen LogP contribution in [0.4, 0.5) is 0 Å². The summed E-state index contributed by atoms with van der Waals surface area (Å²) in [5.74, 6) is -1.34. The van der Waals surface area contributed by atoms with E-state index < -0.39 is 22.7 Å². The van der Waals surface area contributed by atoms with Crippen molar-refractivity contribution in [1.82, 2.24) is 0 Å². The van der Waals surface area contributed by atoms with Crippen molar-refractivity contribution >= 4 is 17.9 Å². The van der Waals surface area contributed by atoms with Crippen LogP contribution in [-0.4, -0.2) is 34.7 Å². The third-order valence-electron chi connectivity index (χ3n) is 4.18. The minimum Gasteiger partial charge on any atom is -0.460 e. The summed E-state index contributed by atoms with van der Waals surface area (Å²) in [4.78, 5) is 36.5. The Balaban J connectivity index is 4.31. The third kappa shape index (κ3) is 18.9. The predicted octanol–water partition coefficient (Wildman–Crippen LogP) is 6.14. The maximum atomic E-state index is 12.6. The molecule has 6 nitrogen and oxygen atoms in total. The Morgan fingerprint density at radius 3 is 1.48 bits per heavy atom. The molecule has 0 aliphatic rings. The quantitative estimate of drug-likeness (QED) is 0.205. The molecule has 182 valence electrons. The van der Waals surface area contributed by atoms with Gasteiger partial charge >= 0.3 is 17.9 Å². The van der Waals surface area contributed by atoms with Crippen LogP contribution in [0.2, 0.25) is 0 Å². The van der Waals surface area contributed by atoms with E-state index in [1.54, 1.807) is 0 Å². The highest BCUT2D eigenvalue weighted by atomic mass is 16.6. The first-order valence-electron chi connectivity index (χ1n) is 11.6. The lowest BCUT2D eigenvalue weighted by molar-refractivity contribution is -0.167. The minimum absolute atomic E-state index is 0.0437. The van der Waals surface area contributed by atoms with Crippen LogP contribution in [0.5, 0.6) is 0 Å². The molecule has 0 N–H and O–H groups in total. The fourth-order valence-electron chi connectivity index (χ4n) is 3.03. The van der Waals surface area contributed by atoms with Gasteiger partial charge in [-0.25, -0.2) is 0 Å². The summed E-state index contributed by atoms with van der Waals surface area (Å²) in [7, 11) is 0. The molecule has 0 radical (unpaired) electrons. The molecule has 1 atom stereocenters. The molecule has 0 fully saturated rings. The fraction of sp³-hybridized carbons (Fsp3) is 0.880. The summed E-state index contributed by atoms with van der Waals surface area (Å²) in [6.45, 7) is 16.5. The summed E-state index contributed by atoms with van der Waals surface area (Å²) in [5.41, 5.74) is -1.59. The molecule has 6 heteroatoms. The first-order valence-corrected chi connectivity index (χ1v) is 11.6. The van der Waals surface area contributed by atoms with E-state index in [9.17, 15) is 14.4 Å². The third-order valence-corrected chi connectivity index (χ3v) is 4.18. The summed E-state index contributed by atoms with van der Waals surface area (Å²) < 4.78 is 16.2. The molecule has 0 saturated carbocycles. The largest absolute Gasteiger partial charge is 0.460 e. The lowest BCUT2D eigenvalue weighted by atomic mass is 9.96. The van der Waals surface area contributed by atoms with Gasteiger partial charge in [-0.15, -0.1) is 0 Å². The van der Waals surface area contributed by atoms with Crippen LogP contribution in [0.3, 0.4) is 0 Å². The fourth-order valence-corrected chi connectivity index (χ4v) is 3.03. The van der Waals surface area contributed by atoms with Crippen molar-refractivity contribution in [3.05, 3.63) is 0 Å². The van der Waals surface area contributed by atoms with Gasteiger partial charge < -0.3 is 14.2 Å². The molecule has 0 rings (SSSR count). The standard InChI is InChI=1S/C25H46O6/c1-23(2,3)29-20(26)17-15-13-11-10-12-14-16-19(22(28)31-25(7,8)9)18-21(27)30-24(4,5)6/h19H,10-18H2,1-9H3. The van der Waals surface area contributed by atoms with Gasteiger partial charge in [0, 0.05) is 6.42 Å². The van der Waals surface area contributed by atoms with Crippen LogP contribution in [0.15, 0.2) is 0 Å². The molecule has 0 amide bonds.